The first-order valence-electron chi connectivity index (χ1n) is 6.31. The fraction of sp³-hybridized carbons (Fsp3) is 0.462. The molecule has 0 bridgehead atoms. The van der Waals surface area contributed by atoms with Gasteiger partial charge in [0.2, 0.25) is 0 Å². The summed E-state index contributed by atoms with van der Waals surface area (Å²) in [5, 5.41) is 21.2. The highest BCUT2D eigenvalue weighted by atomic mass is 16.4. The van der Waals surface area contributed by atoms with Crippen LogP contribution in [0.15, 0.2) is 18.3 Å². The maximum Gasteiger partial charge on any atom is 0.354 e. The molecule has 108 valence electrons. The molecule has 0 spiro atoms. The molecule has 2 rings (SSSR count). The van der Waals surface area contributed by atoms with Gasteiger partial charge in [0, 0.05) is 19.3 Å². The van der Waals surface area contributed by atoms with Crippen LogP contribution in [-0.2, 0) is 6.54 Å². The lowest BCUT2D eigenvalue weighted by molar-refractivity contribution is 0.0689. The van der Waals surface area contributed by atoms with E-state index in [0.29, 0.717) is 25.1 Å². The van der Waals surface area contributed by atoms with E-state index in [1.807, 2.05) is 0 Å². The van der Waals surface area contributed by atoms with Crippen molar-refractivity contribution in [1.82, 2.24) is 15.2 Å². The molecule has 7 heteroatoms. The predicted octanol–water partition coefficient (Wildman–Crippen LogP) is 0.446. The van der Waals surface area contributed by atoms with Crippen molar-refractivity contribution < 1.29 is 19.8 Å². The fourth-order valence-corrected chi connectivity index (χ4v) is 2.06. The second kappa shape index (κ2) is 5.46. The molecule has 0 aromatic carbocycles. The number of hydrogen-bond acceptors (Lipinski definition) is 4. The monoisotopic (exact) mass is 279 g/mol. The van der Waals surface area contributed by atoms with Gasteiger partial charge < -0.3 is 20.4 Å². The molecule has 1 saturated heterocycles. The Balaban J connectivity index is 1.86. The number of rotatable bonds is 3. The van der Waals surface area contributed by atoms with Gasteiger partial charge in [-0.05, 0) is 25.0 Å². The molecule has 1 fully saturated rings. The van der Waals surface area contributed by atoms with E-state index < -0.39 is 11.6 Å². The number of aromatic carboxylic acids is 1. The van der Waals surface area contributed by atoms with Crippen molar-refractivity contribution in [3.63, 3.8) is 0 Å². The van der Waals surface area contributed by atoms with E-state index in [1.54, 1.807) is 17.9 Å². The second-order valence-corrected chi connectivity index (χ2v) is 5.18. The van der Waals surface area contributed by atoms with Crippen LogP contribution in [0.3, 0.4) is 0 Å². The lowest BCUT2D eigenvalue weighted by atomic mass is 10.1. The Kier molecular flexibility index (Phi) is 3.89. The van der Waals surface area contributed by atoms with E-state index in [0.717, 1.165) is 0 Å². The number of aliphatic hydroxyl groups is 1. The molecule has 1 atom stereocenters. The van der Waals surface area contributed by atoms with Crippen LogP contribution >= 0.6 is 0 Å². The zero-order valence-corrected chi connectivity index (χ0v) is 11.2. The van der Waals surface area contributed by atoms with Gasteiger partial charge in [-0.25, -0.2) is 14.6 Å². The van der Waals surface area contributed by atoms with Gasteiger partial charge in [-0.2, -0.15) is 0 Å². The number of pyridine rings is 1. The van der Waals surface area contributed by atoms with Gasteiger partial charge in [-0.1, -0.05) is 6.07 Å². The lowest BCUT2D eigenvalue weighted by Crippen LogP contribution is -2.40. The molecule has 2 amide bonds. The van der Waals surface area contributed by atoms with E-state index in [9.17, 15) is 14.7 Å². The molecule has 1 aliphatic heterocycles. The first kappa shape index (κ1) is 14.3. The van der Waals surface area contributed by atoms with Crippen LogP contribution in [0.1, 0.15) is 29.4 Å². The summed E-state index contributed by atoms with van der Waals surface area (Å²) in [6.07, 6.45) is 1.99. The van der Waals surface area contributed by atoms with E-state index in [4.69, 9.17) is 5.11 Å². The SMILES string of the molecule is CC1(O)CCN(C(=O)NCc2ccc(C(=O)O)nc2)C1. The molecule has 7 nitrogen and oxygen atoms in total. The van der Waals surface area contributed by atoms with E-state index in [-0.39, 0.29) is 18.3 Å². The lowest BCUT2D eigenvalue weighted by Gasteiger charge is -2.19. The van der Waals surface area contributed by atoms with Crippen molar-refractivity contribution in [2.75, 3.05) is 13.1 Å². The number of urea groups is 1. The molecule has 1 unspecified atom stereocenters. The molecule has 1 aromatic heterocycles. The normalized spacial score (nSPS) is 21.8. The number of aromatic nitrogens is 1. The summed E-state index contributed by atoms with van der Waals surface area (Å²) < 4.78 is 0. The van der Waals surface area contributed by atoms with E-state index >= 15 is 0 Å². The number of likely N-dealkylation sites (tertiary alicyclic amines) is 1. The van der Waals surface area contributed by atoms with E-state index in [2.05, 4.69) is 10.3 Å². The number of carboxylic acid groups (broad SMARTS) is 1. The predicted molar refractivity (Wildman–Crippen MR) is 70.2 cm³/mol. The Hall–Kier alpha value is -2.15. The third-order valence-electron chi connectivity index (χ3n) is 3.23. The standard InChI is InChI=1S/C13H17N3O4/c1-13(20)4-5-16(8-13)12(19)15-7-9-2-3-10(11(17)18)14-6-9/h2-3,6,20H,4-5,7-8H2,1H3,(H,15,19)(H,17,18). The summed E-state index contributed by atoms with van der Waals surface area (Å²) >= 11 is 0. The number of β-amino-alcohol motifs (C(OH)–C–C–N with tert-alkyl or cyclic N) is 1. The third-order valence-corrected chi connectivity index (χ3v) is 3.23. The molecular weight excluding hydrogens is 262 g/mol. The van der Waals surface area contributed by atoms with Crippen LogP contribution in [0.25, 0.3) is 0 Å². The summed E-state index contributed by atoms with van der Waals surface area (Å²) in [6.45, 7) is 2.81. The molecular formula is C13H17N3O4. The molecule has 1 aromatic rings. The Morgan fingerprint density at radius 2 is 2.25 bits per heavy atom. The second-order valence-electron chi connectivity index (χ2n) is 5.18. The molecule has 20 heavy (non-hydrogen) atoms. The smallest absolute Gasteiger partial charge is 0.354 e. The van der Waals surface area contributed by atoms with Gasteiger partial charge in [-0.15, -0.1) is 0 Å². The van der Waals surface area contributed by atoms with Crippen LogP contribution in [0.4, 0.5) is 4.79 Å². The minimum Gasteiger partial charge on any atom is -0.477 e. The first-order chi connectivity index (χ1) is 9.37. The highest BCUT2D eigenvalue weighted by Gasteiger charge is 2.33. The highest BCUT2D eigenvalue weighted by Crippen LogP contribution is 2.19. The number of carbonyl (C=O) groups excluding carboxylic acids is 1. The van der Waals surface area contributed by atoms with Crippen molar-refractivity contribution in [3.05, 3.63) is 29.6 Å². The molecule has 1 aliphatic rings. The number of nitrogens with one attached hydrogen (secondary N) is 1. The third kappa shape index (κ3) is 3.45. The Morgan fingerprint density at radius 1 is 1.50 bits per heavy atom. The maximum atomic E-state index is 11.9. The summed E-state index contributed by atoms with van der Waals surface area (Å²) in [7, 11) is 0. The topological polar surface area (TPSA) is 103 Å². The van der Waals surface area contributed by atoms with Crippen LogP contribution in [-0.4, -0.2) is 50.8 Å². The summed E-state index contributed by atoms with van der Waals surface area (Å²) in [6, 6.07) is 2.76. The zero-order valence-electron chi connectivity index (χ0n) is 11.2. The number of carbonyl (C=O) groups is 2. The first-order valence-corrected chi connectivity index (χ1v) is 6.31. The van der Waals surface area contributed by atoms with Crippen molar-refractivity contribution >= 4 is 12.0 Å². The molecule has 0 saturated carbocycles. The van der Waals surface area contributed by atoms with Crippen molar-refractivity contribution in [2.24, 2.45) is 0 Å². The summed E-state index contributed by atoms with van der Waals surface area (Å²) in [5.41, 5.74) is -0.132. The van der Waals surface area contributed by atoms with Gasteiger partial charge in [0.25, 0.3) is 0 Å². The quantitative estimate of drug-likeness (QED) is 0.745. The van der Waals surface area contributed by atoms with Crippen molar-refractivity contribution in [3.8, 4) is 0 Å². The van der Waals surface area contributed by atoms with Gasteiger partial charge in [0.05, 0.1) is 12.1 Å². The van der Waals surface area contributed by atoms with Gasteiger partial charge >= 0.3 is 12.0 Å². The minimum absolute atomic E-state index is 0.0318. The Morgan fingerprint density at radius 3 is 2.75 bits per heavy atom. The van der Waals surface area contributed by atoms with E-state index in [1.165, 1.54) is 12.3 Å². The number of nitrogens with zero attached hydrogens (tertiary/aromatic N) is 2. The van der Waals surface area contributed by atoms with Crippen molar-refractivity contribution in [1.29, 1.82) is 0 Å². The van der Waals surface area contributed by atoms with Crippen LogP contribution in [0.5, 0.6) is 0 Å². The summed E-state index contributed by atoms with van der Waals surface area (Å²) in [5.74, 6) is -1.08. The van der Waals surface area contributed by atoms with Gasteiger partial charge in [-0.3, -0.25) is 0 Å². The number of hydrogen-bond donors (Lipinski definition) is 3. The van der Waals surface area contributed by atoms with Crippen LogP contribution < -0.4 is 5.32 Å². The van der Waals surface area contributed by atoms with Gasteiger partial charge in [0.15, 0.2) is 0 Å². The Labute approximate surface area is 116 Å². The van der Waals surface area contributed by atoms with Crippen molar-refractivity contribution in [2.45, 2.75) is 25.5 Å². The van der Waals surface area contributed by atoms with Crippen LogP contribution in [0.2, 0.25) is 0 Å². The Bertz CT molecular complexity index is 513. The fourth-order valence-electron chi connectivity index (χ4n) is 2.06. The minimum atomic E-state index is -1.08. The molecule has 2 heterocycles. The zero-order chi connectivity index (χ0) is 14.8. The summed E-state index contributed by atoms with van der Waals surface area (Å²) in [4.78, 5) is 27.8. The molecule has 3 N–H and O–H groups in total. The van der Waals surface area contributed by atoms with Gasteiger partial charge in [0.1, 0.15) is 5.69 Å². The maximum absolute atomic E-state index is 11.9. The van der Waals surface area contributed by atoms with Crippen LogP contribution in [0, 0.1) is 0 Å². The average molecular weight is 279 g/mol. The molecule has 0 radical (unpaired) electrons. The highest BCUT2D eigenvalue weighted by molar-refractivity contribution is 5.85. The average Bonchev–Trinajstić information content (AvgIpc) is 2.77. The number of amides is 2. The molecule has 0 aliphatic carbocycles. The largest absolute Gasteiger partial charge is 0.477 e. The number of carboxylic acids is 1.